The first kappa shape index (κ1) is 9.14. The van der Waals surface area contributed by atoms with Gasteiger partial charge in [0.1, 0.15) is 0 Å². The number of nitrogens with zero attached hydrogens (tertiary/aromatic N) is 4. The maximum absolute atomic E-state index is 5.60. The highest BCUT2D eigenvalue weighted by atomic mass is 15.3. The molecule has 76 valence electrons. The molecule has 0 aromatic carbocycles. The molecule has 1 aromatic rings. The van der Waals surface area contributed by atoms with Crippen LogP contribution in [-0.4, -0.2) is 35.6 Å². The fourth-order valence-corrected chi connectivity index (χ4v) is 1.26. The lowest BCUT2D eigenvalue weighted by molar-refractivity contribution is 0.366. The van der Waals surface area contributed by atoms with Gasteiger partial charge in [0.25, 0.3) is 0 Å². The fourth-order valence-electron chi connectivity index (χ4n) is 1.26. The van der Waals surface area contributed by atoms with Gasteiger partial charge in [0, 0.05) is 14.1 Å². The van der Waals surface area contributed by atoms with E-state index in [0.717, 1.165) is 18.8 Å². The molecule has 1 saturated heterocycles. The van der Waals surface area contributed by atoms with Crippen LogP contribution in [-0.2, 0) is 0 Å². The smallest absolute Gasteiger partial charge is 0.229 e. The van der Waals surface area contributed by atoms with Gasteiger partial charge in [-0.15, -0.1) is 0 Å². The highest BCUT2D eigenvalue weighted by Gasteiger charge is 2.22. The molecule has 1 aliphatic heterocycles. The normalized spacial score (nSPS) is 20.3. The summed E-state index contributed by atoms with van der Waals surface area (Å²) in [5.74, 6) is 1.64. The molecule has 2 heterocycles. The van der Waals surface area contributed by atoms with E-state index in [0.29, 0.717) is 5.95 Å². The molecule has 1 fully saturated rings. The Morgan fingerprint density at radius 3 is 2.57 bits per heavy atom. The Balaban J connectivity index is 2.30. The lowest BCUT2D eigenvalue weighted by Crippen LogP contribution is -2.36. The van der Waals surface area contributed by atoms with Gasteiger partial charge in [-0.05, 0) is 13.0 Å². The van der Waals surface area contributed by atoms with Crippen molar-refractivity contribution >= 4 is 11.9 Å². The van der Waals surface area contributed by atoms with Crippen LogP contribution in [0.1, 0.15) is 18.3 Å². The minimum absolute atomic E-state index is 0.249. The van der Waals surface area contributed by atoms with Crippen LogP contribution in [0.5, 0.6) is 0 Å². The van der Waals surface area contributed by atoms with Crippen LogP contribution in [0.4, 0.5) is 11.9 Å². The third-order valence-corrected chi connectivity index (χ3v) is 2.19. The summed E-state index contributed by atoms with van der Waals surface area (Å²) < 4.78 is 0. The molecule has 14 heavy (non-hydrogen) atoms. The zero-order chi connectivity index (χ0) is 10.1. The summed E-state index contributed by atoms with van der Waals surface area (Å²) in [4.78, 5) is 14.3. The zero-order valence-corrected chi connectivity index (χ0v) is 8.36. The summed E-state index contributed by atoms with van der Waals surface area (Å²) in [6.07, 6.45) is 1.07. The van der Waals surface area contributed by atoms with Crippen LogP contribution < -0.4 is 16.0 Å². The topological polar surface area (TPSA) is 80.0 Å². The van der Waals surface area contributed by atoms with E-state index in [-0.39, 0.29) is 12.0 Å². The van der Waals surface area contributed by atoms with Crippen molar-refractivity contribution in [2.45, 2.75) is 12.5 Å². The second-order valence-electron chi connectivity index (χ2n) is 3.54. The van der Waals surface area contributed by atoms with E-state index >= 15 is 0 Å². The summed E-state index contributed by atoms with van der Waals surface area (Å²) in [5.41, 5.74) is 5.60. The highest BCUT2D eigenvalue weighted by molar-refractivity contribution is 5.33. The van der Waals surface area contributed by atoms with E-state index in [2.05, 4.69) is 20.3 Å². The van der Waals surface area contributed by atoms with Gasteiger partial charge < -0.3 is 16.0 Å². The maximum Gasteiger partial charge on any atom is 0.229 e. The van der Waals surface area contributed by atoms with Crippen molar-refractivity contribution in [1.29, 1.82) is 0 Å². The van der Waals surface area contributed by atoms with Crippen LogP contribution in [0.15, 0.2) is 0 Å². The third kappa shape index (κ3) is 1.60. The van der Waals surface area contributed by atoms with Crippen LogP contribution in [0, 0.1) is 0 Å². The summed E-state index contributed by atoms with van der Waals surface area (Å²) in [6.45, 7) is 1.02. The van der Waals surface area contributed by atoms with Gasteiger partial charge >= 0.3 is 0 Å². The molecule has 6 nitrogen and oxygen atoms in total. The third-order valence-electron chi connectivity index (χ3n) is 2.19. The molecule has 0 radical (unpaired) electrons. The van der Waals surface area contributed by atoms with Crippen LogP contribution in [0.2, 0.25) is 0 Å². The maximum atomic E-state index is 5.60. The van der Waals surface area contributed by atoms with E-state index in [1.807, 2.05) is 19.0 Å². The Morgan fingerprint density at radius 2 is 2.07 bits per heavy atom. The second kappa shape index (κ2) is 3.38. The average molecular weight is 194 g/mol. The summed E-state index contributed by atoms with van der Waals surface area (Å²) in [5, 5.41) is 3.23. The molecule has 1 aromatic heterocycles. The Hall–Kier alpha value is -1.43. The number of nitrogens with one attached hydrogen (secondary N) is 1. The Morgan fingerprint density at radius 1 is 1.36 bits per heavy atom. The van der Waals surface area contributed by atoms with Crippen LogP contribution in [0.3, 0.4) is 0 Å². The number of nitrogens with two attached hydrogens (primary N) is 1. The van der Waals surface area contributed by atoms with Gasteiger partial charge in [-0.3, -0.25) is 0 Å². The standard InChI is InChI=1S/C8H14N6/c1-14(2)8-12-6(5-3-4-10-5)11-7(9)13-8/h5,10H,3-4H2,1-2H3,(H2,9,11,12,13). The molecule has 1 atom stereocenters. The summed E-state index contributed by atoms with van der Waals surface area (Å²) in [7, 11) is 3.76. The van der Waals surface area contributed by atoms with Gasteiger partial charge in [-0.25, -0.2) is 0 Å². The minimum atomic E-state index is 0.249. The average Bonchev–Trinajstić information content (AvgIpc) is 1.99. The predicted octanol–water partition coefficient (Wildman–Crippen LogP) is -0.446. The molecule has 2 rings (SSSR count). The minimum Gasteiger partial charge on any atom is -0.368 e. The molecular weight excluding hydrogens is 180 g/mol. The lowest BCUT2D eigenvalue weighted by atomic mass is 10.1. The Labute approximate surface area is 82.6 Å². The molecule has 0 bridgehead atoms. The molecule has 0 amide bonds. The monoisotopic (exact) mass is 194 g/mol. The van der Waals surface area contributed by atoms with Crippen molar-refractivity contribution in [1.82, 2.24) is 20.3 Å². The first-order valence-electron chi connectivity index (χ1n) is 4.59. The fraction of sp³-hybridized carbons (Fsp3) is 0.625. The van der Waals surface area contributed by atoms with E-state index in [9.17, 15) is 0 Å². The van der Waals surface area contributed by atoms with E-state index in [1.54, 1.807) is 0 Å². The Kier molecular flexibility index (Phi) is 2.20. The van der Waals surface area contributed by atoms with Gasteiger partial charge in [0.05, 0.1) is 6.04 Å². The van der Waals surface area contributed by atoms with Crippen LogP contribution >= 0.6 is 0 Å². The number of anilines is 2. The summed E-state index contributed by atoms with van der Waals surface area (Å²) >= 11 is 0. The van der Waals surface area contributed by atoms with Crippen molar-refractivity contribution in [2.75, 3.05) is 31.3 Å². The van der Waals surface area contributed by atoms with Gasteiger partial charge in [-0.2, -0.15) is 15.0 Å². The number of rotatable bonds is 2. The van der Waals surface area contributed by atoms with Crippen molar-refractivity contribution in [3.05, 3.63) is 5.82 Å². The van der Waals surface area contributed by atoms with E-state index in [1.165, 1.54) is 0 Å². The van der Waals surface area contributed by atoms with E-state index < -0.39 is 0 Å². The van der Waals surface area contributed by atoms with Crippen molar-refractivity contribution < 1.29 is 0 Å². The largest absolute Gasteiger partial charge is 0.368 e. The molecule has 0 aliphatic carbocycles. The lowest BCUT2D eigenvalue weighted by Gasteiger charge is -2.26. The molecule has 1 aliphatic rings. The van der Waals surface area contributed by atoms with Gasteiger partial charge in [0.15, 0.2) is 5.82 Å². The number of nitrogen functional groups attached to an aromatic ring is 1. The first-order chi connectivity index (χ1) is 6.66. The predicted molar refractivity (Wildman–Crippen MR) is 53.9 cm³/mol. The SMILES string of the molecule is CN(C)c1nc(N)nc(C2CCN2)n1. The second-order valence-corrected chi connectivity index (χ2v) is 3.54. The van der Waals surface area contributed by atoms with Gasteiger partial charge in [-0.1, -0.05) is 0 Å². The van der Waals surface area contributed by atoms with Crippen molar-refractivity contribution in [3.63, 3.8) is 0 Å². The quantitative estimate of drug-likeness (QED) is 0.664. The van der Waals surface area contributed by atoms with E-state index in [4.69, 9.17) is 5.73 Å². The molecule has 1 unspecified atom stereocenters. The molecule has 0 spiro atoms. The molecule has 0 saturated carbocycles. The van der Waals surface area contributed by atoms with Crippen LogP contribution in [0.25, 0.3) is 0 Å². The number of hydrogen-bond donors (Lipinski definition) is 2. The first-order valence-corrected chi connectivity index (χ1v) is 4.59. The molecular formula is C8H14N6. The zero-order valence-electron chi connectivity index (χ0n) is 8.36. The number of hydrogen-bond acceptors (Lipinski definition) is 6. The molecule has 3 N–H and O–H groups in total. The van der Waals surface area contributed by atoms with Crippen molar-refractivity contribution in [2.24, 2.45) is 0 Å². The summed E-state index contributed by atoms with van der Waals surface area (Å²) in [6, 6.07) is 0.249. The molecule has 6 heteroatoms. The van der Waals surface area contributed by atoms with Crippen molar-refractivity contribution in [3.8, 4) is 0 Å². The highest BCUT2D eigenvalue weighted by Crippen LogP contribution is 2.20. The van der Waals surface area contributed by atoms with Gasteiger partial charge in [0.2, 0.25) is 11.9 Å². The Bertz CT molecular complexity index is 333. The number of aromatic nitrogens is 3.